The van der Waals surface area contributed by atoms with Gasteiger partial charge in [0.2, 0.25) is 5.91 Å². The molecule has 2 aliphatic heterocycles. The van der Waals surface area contributed by atoms with E-state index in [1.807, 2.05) is 17.2 Å². The van der Waals surface area contributed by atoms with Crippen molar-refractivity contribution in [1.29, 1.82) is 0 Å². The van der Waals surface area contributed by atoms with Crippen molar-refractivity contribution in [3.63, 3.8) is 0 Å². The van der Waals surface area contributed by atoms with Crippen molar-refractivity contribution in [2.75, 3.05) is 19.6 Å². The first-order valence-corrected chi connectivity index (χ1v) is 5.77. The molecular weight excluding hydrogens is 202 g/mol. The van der Waals surface area contributed by atoms with Crippen LogP contribution in [0.4, 0.5) is 0 Å². The number of carbonyl (C=O) groups excluding carboxylic acids is 1. The number of nitrogens with zero attached hydrogens (tertiary/aromatic N) is 2. The average Bonchev–Trinajstić information content (AvgIpc) is 2.26. The van der Waals surface area contributed by atoms with Crippen molar-refractivity contribution in [3.8, 4) is 0 Å². The highest BCUT2D eigenvalue weighted by Gasteiger charge is 2.30. The molecule has 0 atom stereocenters. The molecule has 0 aromatic carbocycles. The smallest absolute Gasteiger partial charge is 0.228 e. The molecule has 3 heterocycles. The Kier molecular flexibility index (Phi) is 2.36. The van der Waals surface area contributed by atoms with E-state index in [1.165, 1.54) is 5.56 Å². The van der Waals surface area contributed by atoms with Gasteiger partial charge < -0.3 is 10.2 Å². The molecule has 0 saturated carbocycles. The zero-order valence-corrected chi connectivity index (χ0v) is 9.15. The molecule has 0 spiro atoms. The van der Waals surface area contributed by atoms with Crippen molar-refractivity contribution in [3.05, 3.63) is 29.6 Å². The first-order chi connectivity index (χ1) is 7.84. The minimum absolute atomic E-state index is 0.207. The van der Waals surface area contributed by atoms with Crippen LogP contribution < -0.4 is 5.32 Å². The number of hydrogen-bond acceptors (Lipinski definition) is 3. The standard InChI is InChI=1S/C12H15N3O/c16-12(10-6-13-7-10)15-5-3-11-9(8-15)2-1-4-14-11/h1-2,4,10,13H,3,5-8H2. The summed E-state index contributed by atoms with van der Waals surface area (Å²) in [5, 5.41) is 3.14. The molecule has 1 aromatic rings. The van der Waals surface area contributed by atoms with Gasteiger partial charge in [0.15, 0.2) is 0 Å². The Labute approximate surface area is 94.7 Å². The van der Waals surface area contributed by atoms with Crippen molar-refractivity contribution < 1.29 is 4.79 Å². The summed E-state index contributed by atoms with van der Waals surface area (Å²) in [6.45, 7) is 3.24. The Morgan fingerprint density at radius 2 is 2.38 bits per heavy atom. The van der Waals surface area contributed by atoms with Gasteiger partial charge in [-0.25, -0.2) is 0 Å². The van der Waals surface area contributed by atoms with E-state index >= 15 is 0 Å². The lowest BCUT2D eigenvalue weighted by Crippen LogP contribution is -2.52. The minimum atomic E-state index is 0.207. The zero-order chi connectivity index (χ0) is 11.0. The van der Waals surface area contributed by atoms with Crippen LogP contribution in [0, 0.1) is 5.92 Å². The number of fused-ring (bicyclic) bond motifs is 1. The maximum atomic E-state index is 12.1. The lowest BCUT2D eigenvalue weighted by molar-refractivity contribution is -0.138. The fourth-order valence-corrected chi connectivity index (χ4v) is 2.28. The highest BCUT2D eigenvalue weighted by Crippen LogP contribution is 2.19. The second kappa shape index (κ2) is 3.87. The number of carbonyl (C=O) groups is 1. The SMILES string of the molecule is O=C(C1CNC1)N1CCc2ncccc2C1. The van der Waals surface area contributed by atoms with Crippen LogP contribution in [0.25, 0.3) is 0 Å². The highest BCUT2D eigenvalue weighted by atomic mass is 16.2. The molecule has 3 rings (SSSR count). The molecule has 2 aliphatic rings. The van der Waals surface area contributed by atoms with Crippen LogP contribution in [-0.4, -0.2) is 35.4 Å². The zero-order valence-electron chi connectivity index (χ0n) is 9.15. The monoisotopic (exact) mass is 217 g/mol. The Morgan fingerprint density at radius 3 is 3.12 bits per heavy atom. The third-order valence-electron chi connectivity index (χ3n) is 3.41. The summed E-state index contributed by atoms with van der Waals surface area (Å²) in [5.74, 6) is 0.506. The van der Waals surface area contributed by atoms with Crippen LogP contribution >= 0.6 is 0 Å². The fourth-order valence-electron chi connectivity index (χ4n) is 2.28. The summed E-state index contributed by atoms with van der Waals surface area (Å²) in [6, 6.07) is 4.01. The molecule has 16 heavy (non-hydrogen) atoms. The molecule has 4 nitrogen and oxygen atoms in total. The number of rotatable bonds is 1. The number of aromatic nitrogens is 1. The molecule has 4 heteroatoms. The van der Waals surface area contributed by atoms with Gasteiger partial charge in [0.05, 0.1) is 5.92 Å². The van der Waals surface area contributed by atoms with Crippen molar-refractivity contribution in [2.24, 2.45) is 5.92 Å². The van der Waals surface area contributed by atoms with Gasteiger partial charge in [0, 0.05) is 44.5 Å². The maximum Gasteiger partial charge on any atom is 0.228 e. The van der Waals surface area contributed by atoms with E-state index in [4.69, 9.17) is 0 Å². The Morgan fingerprint density at radius 1 is 1.50 bits per heavy atom. The fraction of sp³-hybridized carbons (Fsp3) is 0.500. The summed E-state index contributed by atoms with van der Waals surface area (Å²) in [7, 11) is 0. The molecule has 1 aromatic heterocycles. The molecule has 0 bridgehead atoms. The predicted molar refractivity (Wildman–Crippen MR) is 59.7 cm³/mol. The van der Waals surface area contributed by atoms with Gasteiger partial charge in [0.25, 0.3) is 0 Å². The predicted octanol–water partition coefficient (Wildman–Crippen LogP) is 0.186. The van der Waals surface area contributed by atoms with E-state index in [-0.39, 0.29) is 5.92 Å². The van der Waals surface area contributed by atoms with Crippen molar-refractivity contribution in [2.45, 2.75) is 13.0 Å². The average molecular weight is 217 g/mol. The lowest BCUT2D eigenvalue weighted by Gasteiger charge is -2.34. The second-order valence-electron chi connectivity index (χ2n) is 4.47. The van der Waals surface area contributed by atoms with Gasteiger partial charge >= 0.3 is 0 Å². The molecular formula is C12H15N3O. The highest BCUT2D eigenvalue weighted by molar-refractivity contribution is 5.80. The van der Waals surface area contributed by atoms with Crippen molar-refractivity contribution >= 4 is 5.91 Å². The maximum absolute atomic E-state index is 12.1. The molecule has 1 saturated heterocycles. The van der Waals surface area contributed by atoms with Gasteiger partial charge in [-0.1, -0.05) is 6.07 Å². The van der Waals surface area contributed by atoms with E-state index in [2.05, 4.69) is 16.4 Å². The van der Waals surface area contributed by atoms with E-state index in [0.29, 0.717) is 5.91 Å². The molecule has 0 unspecified atom stereocenters. The van der Waals surface area contributed by atoms with E-state index in [0.717, 1.165) is 38.3 Å². The summed E-state index contributed by atoms with van der Waals surface area (Å²) < 4.78 is 0. The number of pyridine rings is 1. The normalized spacial score (nSPS) is 20.1. The summed E-state index contributed by atoms with van der Waals surface area (Å²) in [4.78, 5) is 18.4. The van der Waals surface area contributed by atoms with Gasteiger partial charge in [-0.3, -0.25) is 9.78 Å². The molecule has 0 radical (unpaired) electrons. The van der Waals surface area contributed by atoms with Gasteiger partial charge in [-0.15, -0.1) is 0 Å². The Bertz CT molecular complexity index is 414. The van der Waals surface area contributed by atoms with Gasteiger partial charge in [-0.05, 0) is 11.6 Å². The number of nitrogens with one attached hydrogen (secondary N) is 1. The van der Waals surface area contributed by atoms with E-state index in [9.17, 15) is 4.79 Å². The van der Waals surface area contributed by atoms with Crippen LogP contribution in [-0.2, 0) is 17.8 Å². The third kappa shape index (κ3) is 1.59. The molecule has 84 valence electrons. The topological polar surface area (TPSA) is 45.2 Å². The molecule has 1 amide bonds. The van der Waals surface area contributed by atoms with Crippen LogP contribution in [0.5, 0.6) is 0 Å². The first kappa shape index (κ1) is 9.78. The third-order valence-corrected chi connectivity index (χ3v) is 3.41. The number of hydrogen-bond donors (Lipinski definition) is 1. The largest absolute Gasteiger partial charge is 0.338 e. The van der Waals surface area contributed by atoms with Crippen molar-refractivity contribution in [1.82, 2.24) is 15.2 Å². The lowest BCUT2D eigenvalue weighted by atomic mass is 9.99. The molecule has 1 fully saturated rings. The molecule has 0 aliphatic carbocycles. The van der Waals surface area contributed by atoms with Gasteiger partial charge in [0.1, 0.15) is 0 Å². The van der Waals surface area contributed by atoms with Crippen LogP contribution in [0.15, 0.2) is 18.3 Å². The number of amides is 1. The second-order valence-corrected chi connectivity index (χ2v) is 4.47. The summed E-state index contributed by atoms with van der Waals surface area (Å²) in [5.41, 5.74) is 2.35. The van der Waals surface area contributed by atoms with E-state index < -0.39 is 0 Å². The van der Waals surface area contributed by atoms with Crippen LogP contribution in [0.2, 0.25) is 0 Å². The first-order valence-electron chi connectivity index (χ1n) is 5.77. The van der Waals surface area contributed by atoms with Crippen LogP contribution in [0.1, 0.15) is 11.3 Å². The van der Waals surface area contributed by atoms with Crippen LogP contribution in [0.3, 0.4) is 0 Å². The minimum Gasteiger partial charge on any atom is -0.338 e. The summed E-state index contributed by atoms with van der Waals surface area (Å²) in [6.07, 6.45) is 2.72. The Hall–Kier alpha value is -1.42. The summed E-state index contributed by atoms with van der Waals surface area (Å²) >= 11 is 0. The van der Waals surface area contributed by atoms with Gasteiger partial charge in [-0.2, -0.15) is 0 Å². The van der Waals surface area contributed by atoms with E-state index in [1.54, 1.807) is 0 Å². The Balaban J connectivity index is 1.74. The molecule has 1 N–H and O–H groups in total. The quantitative estimate of drug-likeness (QED) is 0.730.